The molecule has 0 fully saturated rings. The second kappa shape index (κ2) is 39.4. The van der Waals surface area contributed by atoms with Crippen molar-refractivity contribution < 1.29 is 0 Å². The van der Waals surface area contributed by atoms with Crippen LogP contribution in [0.1, 0.15) is 95.8 Å². The van der Waals surface area contributed by atoms with E-state index in [9.17, 15) is 0 Å². The lowest BCUT2D eigenvalue weighted by molar-refractivity contribution is 0.827. The number of nitrogens with zero attached hydrogens (tertiary/aromatic N) is 6. The Balaban J connectivity index is 0.000000154. The van der Waals surface area contributed by atoms with Crippen LogP contribution in [-0.2, 0) is 32.7 Å². The van der Waals surface area contributed by atoms with Gasteiger partial charge in [0, 0.05) is 159 Å². The molecule has 708 valence electrons. The molecule has 26 aromatic rings. The van der Waals surface area contributed by atoms with E-state index < -0.39 is 0 Å². The first kappa shape index (κ1) is 90.9. The van der Waals surface area contributed by atoms with E-state index >= 15 is 0 Å². The summed E-state index contributed by atoms with van der Waals surface area (Å²) < 4.78 is 14.4. The zero-order chi connectivity index (χ0) is 99.2. The smallest absolute Gasteiger partial charge is 0.0534 e. The van der Waals surface area contributed by atoms with E-state index in [0.717, 1.165) is 49.4 Å². The van der Waals surface area contributed by atoms with Crippen LogP contribution in [0.25, 0.3) is 271 Å². The van der Waals surface area contributed by atoms with E-state index in [4.69, 9.17) is 0 Å². The van der Waals surface area contributed by atoms with Crippen molar-refractivity contribution in [3.63, 3.8) is 0 Å². The number of rotatable bonds is 23. The van der Waals surface area contributed by atoms with Crippen molar-refractivity contribution in [2.45, 2.75) is 67.3 Å². The highest BCUT2D eigenvalue weighted by Gasteiger charge is 2.20. The quantitative estimate of drug-likeness (QED) is 0.0572. The molecular weight excluding hydrogens is 1790 g/mol. The second-order valence-corrected chi connectivity index (χ2v) is 38.9. The van der Waals surface area contributed by atoms with Crippen LogP contribution in [0.5, 0.6) is 0 Å². The molecule has 0 amide bonds. The molecule has 0 saturated heterocycles. The van der Waals surface area contributed by atoms with Crippen LogP contribution in [0.4, 0.5) is 0 Å². The number of hydrogen-bond donors (Lipinski definition) is 0. The molecule has 0 N–H and O–H groups in total. The summed E-state index contributed by atoms with van der Waals surface area (Å²) in [6, 6.07) is 163. The van der Waals surface area contributed by atoms with Crippen LogP contribution in [0.2, 0.25) is 0 Å². The van der Waals surface area contributed by atoms with Crippen LogP contribution in [-0.4, -0.2) is 27.4 Å². The van der Waals surface area contributed by atoms with Gasteiger partial charge in [-0.1, -0.05) is 394 Å². The summed E-state index contributed by atoms with van der Waals surface area (Å²) in [5.74, 6) is 0. The van der Waals surface area contributed by atoms with Gasteiger partial charge in [0.05, 0.1) is 11.0 Å². The van der Waals surface area contributed by atoms with Crippen LogP contribution < -0.4 is 0 Å². The Bertz CT molecular complexity index is 9100. The van der Waals surface area contributed by atoms with Crippen LogP contribution in [0, 0.1) is 0 Å². The standard InChI is InChI=1S/C72H57N3.C70H53N3/c1-4-73-67-16-10-7-13-61(67)64-40-31-52(43-70(64)73)22-19-49-25-34-55(35-26-49)58-46-59(56-36-27-50(28-37-56)20-23-53-32-41-65-62-14-8-11-17-68(62)74(5-2)71(65)44-53)48-60(47-58)57-38-29-51(30-39-57)21-24-54-33-42-66-63-15-9-12-18-69(63)75(6-3)72(66)45-54;1-3-71-65-17-9-5-15-61(65)63-39-31-51(43-69(63)71)23-21-48-25-33-53(34-26-48)56-45-57(54-35-27-49(28-36-54)22-24-52-32-40-64-62-16-6-10-18-66(62)72(4-2)70(64)44-52)47-58(46-56)55-37-29-50(30-38-55)41-42-73-67-19-11-7-13-59(67)60-14-8-12-20-68(60)73/h7-48H,4-6H2,1-3H3;5-47H,3-4H2,1-2H3/b22-19+,23-20+,24-21+;23-21+,24-22+,42-41+. The lowest BCUT2D eigenvalue weighted by Crippen LogP contribution is -1.92. The summed E-state index contributed by atoms with van der Waals surface area (Å²) in [4.78, 5) is 0. The van der Waals surface area contributed by atoms with E-state index in [1.165, 1.54) is 242 Å². The Morgan fingerprint density at radius 2 is 0.277 bits per heavy atom. The first-order valence-corrected chi connectivity index (χ1v) is 52.1. The summed E-state index contributed by atoms with van der Waals surface area (Å²) in [5.41, 5.74) is 42.4. The van der Waals surface area contributed by atoms with Crippen molar-refractivity contribution in [2.75, 3.05) is 0 Å². The second-order valence-electron chi connectivity index (χ2n) is 38.9. The summed E-state index contributed by atoms with van der Waals surface area (Å²) in [7, 11) is 0. The first-order valence-electron chi connectivity index (χ1n) is 52.1. The predicted octanol–water partition coefficient (Wildman–Crippen LogP) is 38.6. The van der Waals surface area contributed by atoms with Gasteiger partial charge >= 0.3 is 0 Å². The molecule has 148 heavy (non-hydrogen) atoms. The molecule has 26 rings (SSSR count). The minimum Gasteiger partial charge on any atom is -0.341 e. The zero-order valence-corrected chi connectivity index (χ0v) is 83.8. The van der Waals surface area contributed by atoms with Crippen molar-refractivity contribution in [1.82, 2.24) is 27.4 Å². The first-order chi connectivity index (χ1) is 73.1. The summed E-state index contributed by atoms with van der Waals surface area (Å²) in [6.45, 7) is 15.8. The highest BCUT2D eigenvalue weighted by molar-refractivity contribution is 6.15. The molecule has 20 aromatic carbocycles. The third kappa shape index (κ3) is 17.3. The molecule has 6 nitrogen and oxygen atoms in total. The average molecular weight is 1900 g/mol. The Kier molecular flexibility index (Phi) is 24.2. The SMILES string of the molecule is CCn1c2ccccc2c2ccc(/C=C/c3ccc(-c4cc(-c5ccc(/C=C/c6ccc7c8ccccc8n(CC)c7c6)cc5)cc(-c5ccc(/C=C/c6ccc7c8ccccc8n(CC)c7c6)cc5)c4)cc3)cc21.CCn1c2ccccc2c2ccc(/C=C/c3ccc(-c4cc(-c5ccc(/C=C/c6ccc7c8ccccc8n(CC)c7c6)cc5)cc(-c5ccc(/C=C/n6c7ccccc7c7ccccc76)cc5)c4)cc3)cc21. The highest BCUT2D eigenvalue weighted by Crippen LogP contribution is 2.42. The summed E-state index contributed by atoms with van der Waals surface area (Å²) in [5, 5.41) is 15.6. The van der Waals surface area contributed by atoms with Gasteiger partial charge in [0.1, 0.15) is 0 Å². The molecule has 0 aliphatic heterocycles. The Morgan fingerprint density at radius 3 is 0.466 bits per heavy atom. The maximum absolute atomic E-state index is 2.42. The Labute approximate surface area is 863 Å². The predicted molar refractivity (Wildman–Crippen MR) is 640 cm³/mol. The maximum atomic E-state index is 2.42. The number of benzene rings is 20. The molecule has 0 aliphatic rings. The Morgan fingerprint density at radius 1 is 0.128 bits per heavy atom. The van der Waals surface area contributed by atoms with Gasteiger partial charge in [-0.3, -0.25) is 0 Å². The van der Waals surface area contributed by atoms with Crippen molar-refractivity contribution in [2.24, 2.45) is 0 Å². The maximum Gasteiger partial charge on any atom is 0.0534 e. The number of hydrogen-bond acceptors (Lipinski definition) is 0. The van der Waals surface area contributed by atoms with E-state index in [1.54, 1.807) is 0 Å². The zero-order valence-electron chi connectivity index (χ0n) is 83.8. The fourth-order valence-corrected chi connectivity index (χ4v) is 22.8. The van der Waals surface area contributed by atoms with E-state index in [1.807, 2.05) is 0 Å². The monoisotopic (exact) mass is 1900 g/mol. The fraction of sp³-hybridized carbons (Fsp3) is 0.0704. The van der Waals surface area contributed by atoms with E-state index in [0.29, 0.717) is 0 Å². The average Bonchev–Trinajstić information content (AvgIpc) is 1.63. The molecule has 0 bridgehead atoms. The van der Waals surface area contributed by atoms with Gasteiger partial charge in [-0.05, 0) is 278 Å². The summed E-state index contributed by atoms with van der Waals surface area (Å²) in [6.07, 6.45) is 26.7. The van der Waals surface area contributed by atoms with Crippen molar-refractivity contribution in [3.05, 3.63) is 504 Å². The minimum absolute atomic E-state index is 0.933. The topological polar surface area (TPSA) is 29.6 Å². The molecular formula is C142H110N6. The highest BCUT2D eigenvalue weighted by atomic mass is 15.0. The van der Waals surface area contributed by atoms with Gasteiger partial charge in [-0.15, -0.1) is 0 Å². The van der Waals surface area contributed by atoms with Gasteiger partial charge in [0.15, 0.2) is 0 Å². The van der Waals surface area contributed by atoms with E-state index in [-0.39, 0.29) is 0 Å². The number of para-hydroxylation sites is 7. The number of aryl methyl sites for hydroxylation is 5. The normalized spacial score (nSPS) is 12.2. The van der Waals surface area contributed by atoms with Gasteiger partial charge in [-0.25, -0.2) is 0 Å². The third-order valence-corrected chi connectivity index (χ3v) is 30.3. The third-order valence-electron chi connectivity index (χ3n) is 30.3. The number of fused-ring (bicyclic) bond motifs is 18. The van der Waals surface area contributed by atoms with E-state index in [2.05, 4.69) is 578 Å². The van der Waals surface area contributed by atoms with Crippen LogP contribution >= 0.6 is 0 Å². The molecule has 0 atom stereocenters. The largest absolute Gasteiger partial charge is 0.341 e. The molecule has 0 radical (unpaired) electrons. The molecule has 0 aliphatic carbocycles. The lowest BCUT2D eigenvalue weighted by Gasteiger charge is -2.12. The van der Waals surface area contributed by atoms with Crippen molar-refractivity contribution >= 4 is 204 Å². The van der Waals surface area contributed by atoms with Gasteiger partial charge in [-0.2, -0.15) is 0 Å². The molecule has 6 heterocycles. The van der Waals surface area contributed by atoms with Crippen molar-refractivity contribution in [3.8, 4) is 66.8 Å². The Hall–Kier alpha value is -18.4. The lowest BCUT2D eigenvalue weighted by atomic mass is 9.92. The molecule has 6 heteroatoms. The molecule has 6 aromatic heterocycles. The van der Waals surface area contributed by atoms with Crippen LogP contribution in [0.3, 0.4) is 0 Å². The number of aromatic nitrogens is 6. The summed E-state index contributed by atoms with van der Waals surface area (Å²) >= 11 is 0. The van der Waals surface area contributed by atoms with Gasteiger partial charge < -0.3 is 27.4 Å². The van der Waals surface area contributed by atoms with Crippen molar-refractivity contribution in [1.29, 1.82) is 0 Å². The fourth-order valence-electron chi connectivity index (χ4n) is 22.8. The van der Waals surface area contributed by atoms with Gasteiger partial charge in [0.25, 0.3) is 0 Å². The van der Waals surface area contributed by atoms with Crippen LogP contribution in [0.15, 0.2) is 443 Å². The molecule has 0 unspecified atom stereocenters. The van der Waals surface area contributed by atoms with Gasteiger partial charge in [0.2, 0.25) is 0 Å². The molecule has 0 spiro atoms. The minimum atomic E-state index is 0.933. The molecule has 0 saturated carbocycles.